The first-order chi connectivity index (χ1) is 13.2. The minimum atomic E-state index is -0.0288. The summed E-state index contributed by atoms with van der Waals surface area (Å²) in [5, 5.41) is 19.9. The van der Waals surface area contributed by atoms with E-state index in [4.69, 9.17) is 9.62 Å². The van der Waals surface area contributed by atoms with Crippen molar-refractivity contribution in [1.82, 2.24) is 25.0 Å². The molecule has 3 aromatic heterocycles. The lowest BCUT2D eigenvalue weighted by atomic mass is 9.96. The smallest absolute Gasteiger partial charge is 0.228 e. The van der Waals surface area contributed by atoms with Gasteiger partial charge in [0.25, 0.3) is 0 Å². The molecule has 0 unspecified atom stereocenters. The molecule has 0 bridgehead atoms. The summed E-state index contributed by atoms with van der Waals surface area (Å²) >= 11 is 0. The van der Waals surface area contributed by atoms with E-state index in [1.165, 1.54) is 0 Å². The predicted molar refractivity (Wildman–Crippen MR) is 97.6 cm³/mol. The number of aromatic nitrogens is 5. The molecular weight excluding hydrogens is 346 g/mol. The molecule has 27 heavy (non-hydrogen) atoms. The first kappa shape index (κ1) is 16.2. The van der Waals surface area contributed by atoms with Gasteiger partial charge in [-0.25, -0.2) is 0 Å². The molecule has 1 amide bonds. The van der Waals surface area contributed by atoms with Crippen LogP contribution >= 0.6 is 0 Å². The lowest BCUT2D eigenvalue weighted by Crippen LogP contribution is -2.38. The number of rotatable bonds is 4. The fourth-order valence-corrected chi connectivity index (χ4v) is 3.58. The van der Waals surface area contributed by atoms with Crippen LogP contribution in [0.2, 0.25) is 0 Å². The molecule has 0 spiro atoms. The van der Waals surface area contributed by atoms with Crippen molar-refractivity contribution in [2.75, 3.05) is 23.3 Å². The summed E-state index contributed by atoms with van der Waals surface area (Å²) in [6, 6.07) is 5.68. The number of hydrogen-bond acceptors (Lipinski definition) is 7. The molecule has 140 valence electrons. The van der Waals surface area contributed by atoms with Gasteiger partial charge in [-0.3, -0.25) is 4.79 Å². The molecule has 9 nitrogen and oxygen atoms in total. The SMILES string of the molecule is Cc1cc(NC(=O)C2CCN(c3ccc4nnc(C5CC5)n4n3)CC2)no1. The Morgan fingerprint density at radius 2 is 2.00 bits per heavy atom. The number of nitrogens with zero attached hydrogens (tertiary/aromatic N) is 6. The number of amides is 1. The lowest BCUT2D eigenvalue weighted by molar-refractivity contribution is -0.120. The molecule has 2 fully saturated rings. The molecule has 9 heteroatoms. The summed E-state index contributed by atoms with van der Waals surface area (Å²) in [4.78, 5) is 14.7. The summed E-state index contributed by atoms with van der Waals surface area (Å²) < 4.78 is 6.87. The Hall–Kier alpha value is -2.97. The molecule has 1 aliphatic heterocycles. The van der Waals surface area contributed by atoms with E-state index in [0.717, 1.165) is 56.1 Å². The Labute approximate surface area is 155 Å². The van der Waals surface area contributed by atoms with Crippen LogP contribution in [0.15, 0.2) is 22.7 Å². The van der Waals surface area contributed by atoms with E-state index in [1.807, 2.05) is 16.6 Å². The normalized spacial score (nSPS) is 18.2. The van der Waals surface area contributed by atoms with Crippen molar-refractivity contribution < 1.29 is 9.32 Å². The second kappa shape index (κ2) is 6.33. The Morgan fingerprint density at radius 1 is 1.19 bits per heavy atom. The van der Waals surface area contributed by atoms with Crippen LogP contribution in [0.4, 0.5) is 11.6 Å². The highest BCUT2D eigenvalue weighted by atomic mass is 16.5. The van der Waals surface area contributed by atoms with E-state index in [9.17, 15) is 4.79 Å². The molecule has 4 heterocycles. The molecule has 3 aromatic rings. The Bertz CT molecular complexity index is 983. The van der Waals surface area contributed by atoms with Gasteiger partial charge in [0.1, 0.15) is 11.6 Å². The largest absolute Gasteiger partial charge is 0.360 e. The fourth-order valence-electron chi connectivity index (χ4n) is 3.58. The van der Waals surface area contributed by atoms with Crippen LogP contribution < -0.4 is 10.2 Å². The number of piperidine rings is 1. The van der Waals surface area contributed by atoms with Gasteiger partial charge < -0.3 is 14.7 Å². The van der Waals surface area contributed by atoms with Crippen LogP contribution in [-0.4, -0.2) is 44.0 Å². The topological polar surface area (TPSA) is 101 Å². The van der Waals surface area contributed by atoms with Crippen molar-refractivity contribution in [2.45, 2.75) is 38.5 Å². The van der Waals surface area contributed by atoms with Crippen molar-refractivity contribution >= 4 is 23.2 Å². The maximum atomic E-state index is 12.4. The molecule has 2 aliphatic rings. The monoisotopic (exact) mass is 367 g/mol. The van der Waals surface area contributed by atoms with E-state index in [0.29, 0.717) is 17.5 Å². The molecule has 1 saturated heterocycles. The average molecular weight is 367 g/mol. The van der Waals surface area contributed by atoms with Gasteiger partial charge in [0.05, 0.1) is 0 Å². The Balaban J connectivity index is 1.25. The summed E-state index contributed by atoms with van der Waals surface area (Å²) in [6.07, 6.45) is 3.89. The maximum Gasteiger partial charge on any atom is 0.228 e. The second-order valence-corrected chi connectivity index (χ2v) is 7.37. The number of hydrogen-bond donors (Lipinski definition) is 1. The summed E-state index contributed by atoms with van der Waals surface area (Å²) in [5.74, 6) is 3.50. The number of carbonyl (C=O) groups excluding carboxylic acids is 1. The second-order valence-electron chi connectivity index (χ2n) is 7.37. The van der Waals surface area contributed by atoms with Crippen LogP contribution in [0.1, 0.15) is 43.2 Å². The van der Waals surface area contributed by atoms with Gasteiger partial charge >= 0.3 is 0 Å². The highest BCUT2D eigenvalue weighted by Gasteiger charge is 2.30. The summed E-state index contributed by atoms with van der Waals surface area (Å²) in [6.45, 7) is 3.38. The summed E-state index contributed by atoms with van der Waals surface area (Å²) in [5.41, 5.74) is 0.790. The molecule has 0 aromatic carbocycles. The van der Waals surface area contributed by atoms with Gasteiger partial charge in [-0.2, -0.15) is 4.52 Å². The van der Waals surface area contributed by atoms with Crippen molar-refractivity contribution in [3.8, 4) is 0 Å². The molecule has 5 rings (SSSR count). The quantitative estimate of drug-likeness (QED) is 0.754. The molecule has 0 radical (unpaired) electrons. The molecule has 1 N–H and O–H groups in total. The molecule has 1 aliphatic carbocycles. The third kappa shape index (κ3) is 3.13. The van der Waals surface area contributed by atoms with Gasteiger partial charge in [0, 0.05) is 31.0 Å². The van der Waals surface area contributed by atoms with Gasteiger partial charge in [-0.05, 0) is 44.7 Å². The zero-order valence-electron chi connectivity index (χ0n) is 15.1. The van der Waals surface area contributed by atoms with Crippen LogP contribution in [0.25, 0.3) is 5.65 Å². The van der Waals surface area contributed by atoms with Gasteiger partial charge in [0.2, 0.25) is 5.91 Å². The van der Waals surface area contributed by atoms with Crippen LogP contribution in [-0.2, 0) is 4.79 Å². The maximum absolute atomic E-state index is 12.4. The molecule has 0 atom stereocenters. The zero-order valence-corrected chi connectivity index (χ0v) is 15.1. The van der Waals surface area contributed by atoms with Crippen LogP contribution in [0.3, 0.4) is 0 Å². The third-order valence-electron chi connectivity index (χ3n) is 5.28. The van der Waals surface area contributed by atoms with E-state index < -0.39 is 0 Å². The minimum Gasteiger partial charge on any atom is -0.360 e. The number of fused-ring (bicyclic) bond motifs is 1. The van der Waals surface area contributed by atoms with Crippen molar-refractivity contribution in [3.63, 3.8) is 0 Å². The van der Waals surface area contributed by atoms with Crippen molar-refractivity contribution in [2.24, 2.45) is 5.92 Å². The van der Waals surface area contributed by atoms with Crippen molar-refractivity contribution in [1.29, 1.82) is 0 Å². The standard InChI is InChI=1S/C18H21N7O2/c1-11-10-14(23-27-11)19-18(26)13-6-8-24(9-7-13)16-5-4-15-20-21-17(12-2-3-12)25(15)22-16/h4-5,10,12-13H,2-3,6-9H2,1H3,(H,19,23,26). The van der Waals surface area contributed by atoms with Crippen LogP contribution in [0.5, 0.6) is 0 Å². The number of carbonyl (C=O) groups is 1. The van der Waals surface area contributed by atoms with Crippen LogP contribution in [0, 0.1) is 12.8 Å². The highest BCUT2D eigenvalue weighted by Crippen LogP contribution is 2.38. The first-order valence-corrected chi connectivity index (χ1v) is 9.39. The minimum absolute atomic E-state index is 0.00110. The van der Waals surface area contributed by atoms with E-state index >= 15 is 0 Å². The fraction of sp³-hybridized carbons (Fsp3) is 0.500. The Kier molecular flexibility index (Phi) is 3.80. The van der Waals surface area contributed by atoms with E-state index in [-0.39, 0.29) is 11.8 Å². The van der Waals surface area contributed by atoms with Crippen molar-refractivity contribution in [3.05, 3.63) is 29.8 Å². The summed E-state index contributed by atoms with van der Waals surface area (Å²) in [7, 11) is 0. The van der Waals surface area contributed by atoms with E-state index in [1.54, 1.807) is 13.0 Å². The lowest BCUT2D eigenvalue weighted by Gasteiger charge is -2.31. The highest BCUT2D eigenvalue weighted by molar-refractivity contribution is 5.91. The first-order valence-electron chi connectivity index (χ1n) is 9.39. The number of aryl methyl sites for hydroxylation is 1. The number of anilines is 2. The van der Waals surface area contributed by atoms with Gasteiger partial charge in [-0.1, -0.05) is 5.16 Å². The van der Waals surface area contributed by atoms with Gasteiger partial charge in [0.15, 0.2) is 17.3 Å². The van der Waals surface area contributed by atoms with Gasteiger partial charge in [-0.15, -0.1) is 15.3 Å². The molecular formula is C18H21N7O2. The average Bonchev–Trinajstić information content (AvgIpc) is 3.31. The predicted octanol–water partition coefficient (Wildman–Crippen LogP) is 2.15. The van der Waals surface area contributed by atoms with E-state index in [2.05, 4.69) is 25.6 Å². The third-order valence-corrected chi connectivity index (χ3v) is 5.28. The zero-order chi connectivity index (χ0) is 18.4. The number of nitrogens with one attached hydrogen (secondary N) is 1. The Morgan fingerprint density at radius 3 is 2.70 bits per heavy atom. The molecule has 1 saturated carbocycles.